The third kappa shape index (κ3) is 12.0. The van der Waals surface area contributed by atoms with E-state index in [1.165, 1.54) is 0 Å². The summed E-state index contributed by atoms with van der Waals surface area (Å²) in [6, 6.07) is 0. The van der Waals surface area contributed by atoms with Crippen LogP contribution < -0.4 is 10.6 Å². The highest BCUT2D eigenvalue weighted by Gasteiger charge is 1.99. The third-order valence-corrected chi connectivity index (χ3v) is 2.44. The lowest BCUT2D eigenvalue weighted by Gasteiger charge is -2.15. The van der Waals surface area contributed by atoms with Gasteiger partial charge in [-0.15, -0.1) is 0 Å². The Hall–Kier alpha value is -0.240. The minimum absolute atomic E-state index is 0.0808. The first-order valence-electron chi connectivity index (χ1n) is 6.21. The zero-order valence-electron chi connectivity index (χ0n) is 11.2. The molecule has 0 spiro atoms. The van der Waals surface area contributed by atoms with Crippen LogP contribution in [0.2, 0.25) is 0 Å². The molecule has 0 aromatic rings. The second-order valence-electron chi connectivity index (χ2n) is 4.33. The van der Waals surface area contributed by atoms with E-state index in [2.05, 4.69) is 29.6 Å². The predicted molar refractivity (Wildman–Crippen MR) is 69.8 cm³/mol. The van der Waals surface area contributed by atoms with Crippen LogP contribution in [0.1, 0.15) is 6.42 Å². The number of hydrogen-bond acceptors (Lipinski definition) is 6. The lowest BCUT2D eigenvalue weighted by Crippen LogP contribution is -2.34. The lowest BCUT2D eigenvalue weighted by molar-refractivity contribution is 0.0290. The van der Waals surface area contributed by atoms with E-state index >= 15 is 0 Å². The zero-order valence-corrected chi connectivity index (χ0v) is 11.2. The fourth-order valence-corrected chi connectivity index (χ4v) is 1.34. The Morgan fingerprint density at radius 1 is 0.824 bits per heavy atom. The average molecular weight is 248 g/mol. The van der Waals surface area contributed by atoms with Gasteiger partial charge in [0.05, 0.1) is 13.5 Å². The van der Waals surface area contributed by atoms with Crippen LogP contribution in [0.5, 0.6) is 0 Å². The van der Waals surface area contributed by atoms with Crippen LogP contribution in [0.3, 0.4) is 0 Å². The molecule has 17 heavy (non-hydrogen) atoms. The van der Waals surface area contributed by atoms with E-state index in [9.17, 15) is 0 Å². The summed E-state index contributed by atoms with van der Waals surface area (Å²) in [5.74, 6) is 0. The molecule has 0 atom stereocenters. The Morgan fingerprint density at radius 3 is 1.94 bits per heavy atom. The topological polar surface area (TPSA) is 71.0 Å². The van der Waals surface area contributed by atoms with Crippen LogP contribution in [-0.2, 0) is 0 Å². The van der Waals surface area contributed by atoms with Crippen LogP contribution in [0.15, 0.2) is 0 Å². The summed E-state index contributed by atoms with van der Waals surface area (Å²) in [5.41, 5.74) is 0. The fourth-order valence-electron chi connectivity index (χ4n) is 1.34. The first kappa shape index (κ1) is 16.8. The Balaban J connectivity index is 3.08. The van der Waals surface area contributed by atoms with Crippen molar-refractivity contribution in [3.63, 3.8) is 0 Å². The van der Waals surface area contributed by atoms with E-state index in [0.717, 1.165) is 39.1 Å². The van der Waals surface area contributed by atoms with Crippen molar-refractivity contribution in [1.29, 1.82) is 0 Å². The number of nitrogens with one attached hydrogen (secondary N) is 2. The van der Waals surface area contributed by atoms with Gasteiger partial charge in [0.2, 0.25) is 0 Å². The summed E-state index contributed by atoms with van der Waals surface area (Å²) < 4.78 is 0. The van der Waals surface area contributed by atoms with Crippen molar-refractivity contribution < 1.29 is 10.2 Å². The zero-order chi connectivity index (χ0) is 12.9. The molecule has 0 fully saturated rings. The van der Waals surface area contributed by atoms with Crippen LogP contribution >= 0.6 is 0 Å². The summed E-state index contributed by atoms with van der Waals surface area (Å²) in [5, 5.41) is 24.3. The minimum Gasteiger partial charge on any atom is -0.381 e. The van der Waals surface area contributed by atoms with Crippen LogP contribution in [0.4, 0.5) is 0 Å². The Bertz CT molecular complexity index is 154. The lowest BCUT2D eigenvalue weighted by atomic mass is 10.4. The van der Waals surface area contributed by atoms with Crippen molar-refractivity contribution in [2.75, 3.05) is 66.8 Å². The Morgan fingerprint density at radius 2 is 1.41 bits per heavy atom. The van der Waals surface area contributed by atoms with E-state index in [4.69, 9.17) is 10.2 Å². The molecule has 0 bridgehead atoms. The first-order chi connectivity index (χ1) is 8.20. The minimum atomic E-state index is -0.0808. The van der Waals surface area contributed by atoms with Gasteiger partial charge in [0.15, 0.2) is 0 Å². The molecule has 0 rings (SSSR count). The monoisotopic (exact) mass is 248 g/mol. The molecule has 0 saturated heterocycles. The maximum Gasteiger partial charge on any atom is 0.0974 e. The van der Waals surface area contributed by atoms with Gasteiger partial charge in [0.1, 0.15) is 0 Å². The number of aliphatic hydroxyl groups is 2. The molecular weight excluding hydrogens is 220 g/mol. The fraction of sp³-hybridized carbons (Fsp3) is 1.00. The predicted octanol–water partition coefficient (Wildman–Crippen LogP) is -1.68. The van der Waals surface area contributed by atoms with Gasteiger partial charge in [0.25, 0.3) is 0 Å². The largest absolute Gasteiger partial charge is 0.381 e. The molecule has 104 valence electrons. The molecule has 0 heterocycles. The summed E-state index contributed by atoms with van der Waals surface area (Å²) in [6.45, 7) is 5.45. The van der Waals surface area contributed by atoms with Crippen molar-refractivity contribution in [2.45, 2.75) is 6.42 Å². The van der Waals surface area contributed by atoms with Gasteiger partial charge in [-0.1, -0.05) is 0 Å². The van der Waals surface area contributed by atoms with Crippen molar-refractivity contribution in [1.82, 2.24) is 20.4 Å². The number of nitrogens with zero attached hydrogens (tertiary/aromatic N) is 2. The smallest absolute Gasteiger partial charge is 0.0974 e. The second kappa shape index (κ2) is 12.2. The molecule has 0 aliphatic heterocycles. The maximum absolute atomic E-state index is 8.80. The van der Waals surface area contributed by atoms with E-state index in [-0.39, 0.29) is 13.5 Å². The van der Waals surface area contributed by atoms with Crippen molar-refractivity contribution >= 4 is 0 Å². The van der Waals surface area contributed by atoms with E-state index in [0.29, 0.717) is 6.54 Å². The van der Waals surface area contributed by atoms with Crippen molar-refractivity contribution in [2.24, 2.45) is 0 Å². The molecule has 0 aliphatic rings. The molecule has 0 radical (unpaired) electrons. The van der Waals surface area contributed by atoms with Gasteiger partial charge in [-0.05, 0) is 27.1 Å². The number of aliphatic hydroxyl groups excluding tert-OH is 2. The Labute approximate surface area is 105 Å². The van der Waals surface area contributed by atoms with E-state index < -0.39 is 0 Å². The van der Waals surface area contributed by atoms with Crippen LogP contribution in [-0.4, -0.2) is 86.8 Å². The first-order valence-corrected chi connectivity index (χ1v) is 6.21. The summed E-state index contributed by atoms with van der Waals surface area (Å²) in [6.07, 6.45) is 0.929. The number of likely N-dealkylation sites (N-methyl/N-ethyl adjacent to an activating group) is 1. The summed E-state index contributed by atoms with van der Waals surface area (Å²) in [7, 11) is 4.13. The highest BCUT2D eigenvalue weighted by molar-refractivity contribution is 4.55. The Kier molecular flexibility index (Phi) is 12.1. The highest BCUT2D eigenvalue weighted by atomic mass is 16.3. The van der Waals surface area contributed by atoms with E-state index in [1.807, 2.05) is 0 Å². The summed E-state index contributed by atoms with van der Waals surface area (Å²) >= 11 is 0. The summed E-state index contributed by atoms with van der Waals surface area (Å²) in [4.78, 5) is 3.73. The quantitative estimate of drug-likeness (QED) is 0.244. The number of rotatable bonds is 12. The van der Waals surface area contributed by atoms with Crippen LogP contribution in [0.25, 0.3) is 0 Å². The van der Waals surface area contributed by atoms with E-state index in [1.54, 1.807) is 4.90 Å². The standard InChI is InChI=1S/C11H28N4O2/c1-14(2)9-7-13-6-5-12-4-3-8-15(10-16)11-17/h12-13,16-17H,3-11H2,1-2H3. The van der Waals surface area contributed by atoms with Gasteiger partial charge in [0, 0.05) is 32.7 Å². The average Bonchev–Trinajstić information content (AvgIpc) is 2.31. The molecule has 6 heteroatoms. The molecular formula is C11H28N4O2. The molecule has 0 aromatic carbocycles. The normalized spacial score (nSPS) is 11.6. The van der Waals surface area contributed by atoms with Gasteiger partial charge in [-0.3, -0.25) is 4.90 Å². The number of hydrogen-bond donors (Lipinski definition) is 4. The van der Waals surface area contributed by atoms with Crippen molar-refractivity contribution in [3.8, 4) is 0 Å². The molecule has 0 aromatic heterocycles. The third-order valence-electron chi connectivity index (χ3n) is 2.44. The maximum atomic E-state index is 8.80. The van der Waals surface area contributed by atoms with Crippen molar-refractivity contribution in [3.05, 3.63) is 0 Å². The molecule has 6 nitrogen and oxygen atoms in total. The molecule has 0 unspecified atom stereocenters. The van der Waals surface area contributed by atoms with Gasteiger partial charge >= 0.3 is 0 Å². The molecule has 0 amide bonds. The van der Waals surface area contributed by atoms with Gasteiger partial charge < -0.3 is 25.7 Å². The highest BCUT2D eigenvalue weighted by Crippen LogP contribution is 1.86. The molecule has 0 saturated carbocycles. The van der Waals surface area contributed by atoms with Gasteiger partial charge in [-0.2, -0.15) is 0 Å². The second-order valence-corrected chi connectivity index (χ2v) is 4.33. The van der Waals surface area contributed by atoms with Gasteiger partial charge in [-0.25, -0.2) is 0 Å². The molecule has 0 aliphatic carbocycles. The van der Waals surface area contributed by atoms with Crippen LogP contribution in [0, 0.1) is 0 Å². The molecule has 4 N–H and O–H groups in total. The SMILES string of the molecule is CN(C)CCNCCNCCCN(CO)CO.